The molecule has 74 valence electrons. The zero-order chi connectivity index (χ0) is 6.81. The minimum absolute atomic E-state index is 0. The summed E-state index contributed by atoms with van der Waals surface area (Å²) in [4.78, 5) is 0. The molecule has 0 bridgehead atoms. The minimum Gasteiger partial charge on any atom is -0.375 e. The van der Waals surface area contributed by atoms with Crippen LogP contribution in [0, 0.1) is 5.92 Å². The molecule has 1 atom stereocenters. The summed E-state index contributed by atoms with van der Waals surface area (Å²) in [6.07, 6.45) is 0.481. The van der Waals surface area contributed by atoms with Crippen molar-refractivity contribution in [3.8, 4) is 0 Å². The molecule has 0 aliphatic carbocycles. The van der Waals surface area contributed by atoms with Crippen molar-refractivity contribution in [2.45, 2.75) is 6.10 Å². The van der Waals surface area contributed by atoms with Gasteiger partial charge in [0.2, 0.25) is 0 Å². The average molecular weight is 215 g/mol. The molecule has 0 aromatic heterocycles. The largest absolute Gasteiger partial charge is 0.375 e. The first-order chi connectivity index (χ1) is 4.97. The lowest BCUT2D eigenvalue weighted by atomic mass is 9.95. The predicted octanol–water partition coefficient (Wildman–Crippen LogP) is 0.0378. The molecule has 0 aromatic carbocycles. The van der Waals surface area contributed by atoms with E-state index in [0.717, 1.165) is 38.7 Å². The second kappa shape index (κ2) is 6.00. The van der Waals surface area contributed by atoms with Gasteiger partial charge in [0.1, 0.15) is 0 Å². The topological polar surface area (TPSA) is 33.3 Å². The third-order valence-corrected chi connectivity index (χ3v) is 2.30. The molecule has 0 saturated carbocycles. The smallest absolute Gasteiger partial charge is 0.0752 e. The molecule has 5 heteroatoms. The molecule has 2 fully saturated rings. The van der Waals surface area contributed by atoms with E-state index in [0.29, 0.717) is 6.10 Å². The normalized spacial score (nSPS) is 29.5. The van der Waals surface area contributed by atoms with E-state index in [1.54, 1.807) is 0 Å². The Hall–Kier alpha value is 0.460. The maximum absolute atomic E-state index is 5.58. The fourth-order valence-electron chi connectivity index (χ4n) is 1.46. The predicted molar refractivity (Wildman–Crippen MR) is 53.5 cm³/mol. The fraction of sp³-hybridized carbons (Fsp3) is 1.00. The zero-order valence-corrected chi connectivity index (χ0v) is 8.55. The fourth-order valence-corrected chi connectivity index (χ4v) is 1.46. The number of morpholine rings is 1. The van der Waals surface area contributed by atoms with Crippen LogP contribution in [-0.2, 0) is 4.74 Å². The van der Waals surface area contributed by atoms with E-state index < -0.39 is 0 Å². The van der Waals surface area contributed by atoms with Gasteiger partial charge in [-0.25, -0.2) is 0 Å². The van der Waals surface area contributed by atoms with Crippen molar-refractivity contribution in [3.63, 3.8) is 0 Å². The summed E-state index contributed by atoms with van der Waals surface area (Å²) in [5.41, 5.74) is 0. The monoisotopic (exact) mass is 214 g/mol. The molecule has 2 rings (SSSR count). The number of halogens is 2. The Morgan fingerprint density at radius 3 is 2.17 bits per heavy atom. The second-order valence-electron chi connectivity index (χ2n) is 3.03. The Morgan fingerprint density at radius 1 is 1.00 bits per heavy atom. The van der Waals surface area contributed by atoms with Crippen LogP contribution in [0.5, 0.6) is 0 Å². The number of rotatable bonds is 1. The number of nitrogens with one attached hydrogen (secondary N) is 2. The van der Waals surface area contributed by atoms with Crippen molar-refractivity contribution in [2.75, 3.05) is 32.8 Å². The Bertz CT molecular complexity index is 116. The maximum Gasteiger partial charge on any atom is 0.0752 e. The Balaban J connectivity index is 0.000000605. The van der Waals surface area contributed by atoms with Crippen LogP contribution in [0.3, 0.4) is 0 Å². The molecule has 0 spiro atoms. The van der Waals surface area contributed by atoms with Crippen LogP contribution < -0.4 is 10.6 Å². The zero-order valence-electron chi connectivity index (χ0n) is 6.91. The summed E-state index contributed by atoms with van der Waals surface area (Å²) in [6, 6.07) is 0. The van der Waals surface area contributed by atoms with Gasteiger partial charge in [0.15, 0.2) is 0 Å². The molecule has 2 saturated heterocycles. The Kier molecular flexibility index (Phi) is 6.23. The van der Waals surface area contributed by atoms with Gasteiger partial charge in [-0.05, 0) is 0 Å². The van der Waals surface area contributed by atoms with Crippen LogP contribution >= 0.6 is 24.8 Å². The molecular weight excluding hydrogens is 199 g/mol. The molecule has 1 unspecified atom stereocenters. The highest BCUT2D eigenvalue weighted by atomic mass is 35.5. The highest BCUT2D eigenvalue weighted by Gasteiger charge is 2.28. The van der Waals surface area contributed by atoms with Crippen LogP contribution in [0.15, 0.2) is 0 Å². The number of hydrogen-bond donors (Lipinski definition) is 2. The van der Waals surface area contributed by atoms with Crippen molar-refractivity contribution < 1.29 is 4.74 Å². The molecule has 0 radical (unpaired) electrons. The minimum atomic E-state index is 0. The molecule has 2 aliphatic heterocycles. The second-order valence-corrected chi connectivity index (χ2v) is 3.03. The molecule has 12 heavy (non-hydrogen) atoms. The SMILES string of the molecule is C1COC(C2CNC2)CN1.Cl.Cl. The van der Waals surface area contributed by atoms with E-state index >= 15 is 0 Å². The highest BCUT2D eigenvalue weighted by molar-refractivity contribution is 5.85. The van der Waals surface area contributed by atoms with Gasteiger partial charge < -0.3 is 15.4 Å². The molecule has 0 amide bonds. The Labute approximate surface area is 85.4 Å². The van der Waals surface area contributed by atoms with Crippen LogP contribution in [0.25, 0.3) is 0 Å². The van der Waals surface area contributed by atoms with E-state index in [-0.39, 0.29) is 24.8 Å². The summed E-state index contributed by atoms with van der Waals surface area (Å²) in [6.45, 7) is 5.25. The summed E-state index contributed by atoms with van der Waals surface area (Å²) in [7, 11) is 0. The summed E-state index contributed by atoms with van der Waals surface area (Å²) in [5.74, 6) is 0.771. The molecule has 2 N–H and O–H groups in total. The molecular formula is C7H16Cl2N2O. The van der Waals surface area contributed by atoms with Crippen LogP contribution in [-0.4, -0.2) is 38.9 Å². The van der Waals surface area contributed by atoms with Crippen molar-refractivity contribution in [3.05, 3.63) is 0 Å². The van der Waals surface area contributed by atoms with Crippen molar-refractivity contribution in [1.29, 1.82) is 0 Å². The molecule has 2 heterocycles. The van der Waals surface area contributed by atoms with Gasteiger partial charge in [-0.3, -0.25) is 0 Å². The van der Waals surface area contributed by atoms with Crippen LogP contribution in [0.4, 0.5) is 0 Å². The first-order valence-corrected chi connectivity index (χ1v) is 4.00. The van der Waals surface area contributed by atoms with E-state index in [9.17, 15) is 0 Å². The van der Waals surface area contributed by atoms with Crippen molar-refractivity contribution in [1.82, 2.24) is 10.6 Å². The van der Waals surface area contributed by atoms with Gasteiger partial charge in [0.25, 0.3) is 0 Å². The van der Waals surface area contributed by atoms with E-state index in [4.69, 9.17) is 4.74 Å². The van der Waals surface area contributed by atoms with Gasteiger partial charge in [-0.2, -0.15) is 0 Å². The first kappa shape index (κ1) is 12.5. The maximum atomic E-state index is 5.58. The first-order valence-electron chi connectivity index (χ1n) is 4.00. The van der Waals surface area contributed by atoms with Gasteiger partial charge >= 0.3 is 0 Å². The van der Waals surface area contributed by atoms with E-state index in [1.165, 1.54) is 0 Å². The summed E-state index contributed by atoms with van der Waals surface area (Å²) in [5, 5.41) is 6.58. The van der Waals surface area contributed by atoms with Crippen LogP contribution in [0.1, 0.15) is 0 Å². The molecule has 3 nitrogen and oxygen atoms in total. The lowest BCUT2D eigenvalue weighted by Crippen LogP contribution is -2.54. The van der Waals surface area contributed by atoms with Gasteiger partial charge in [0, 0.05) is 32.1 Å². The molecule has 0 aromatic rings. The lowest BCUT2D eigenvalue weighted by molar-refractivity contribution is -0.0234. The number of ether oxygens (including phenoxy) is 1. The lowest BCUT2D eigenvalue weighted by Gasteiger charge is -2.36. The standard InChI is InChI=1S/C7H14N2O.2ClH/c1-2-10-7(5-8-1)6-3-9-4-6;;/h6-9H,1-5H2;2*1H. The quantitative estimate of drug-likeness (QED) is 0.647. The summed E-state index contributed by atoms with van der Waals surface area (Å²) >= 11 is 0. The third-order valence-electron chi connectivity index (χ3n) is 2.30. The van der Waals surface area contributed by atoms with Gasteiger partial charge in [-0.15, -0.1) is 24.8 Å². The molecule has 2 aliphatic rings. The van der Waals surface area contributed by atoms with Gasteiger partial charge in [0.05, 0.1) is 12.7 Å². The number of hydrogen-bond acceptors (Lipinski definition) is 3. The van der Waals surface area contributed by atoms with Crippen molar-refractivity contribution in [2.24, 2.45) is 5.92 Å². The Morgan fingerprint density at radius 2 is 1.75 bits per heavy atom. The van der Waals surface area contributed by atoms with Crippen molar-refractivity contribution >= 4 is 24.8 Å². The summed E-state index contributed by atoms with van der Waals surface area (Å²) < 4.78 is 5.58. The van der Waals surface area contributed by atoms with Gasteiger partial charge in [-0.1, -0.05) is 0 Å². The van der Waals surface area contributed by atoms with Crippen LogP contribution in [0.2, 0.25) is 0 Å². The average Bonchev–Trinajstić information content (AvgIpc) is 1.86. The van der Waals surface area contributed by atoms with E-state index in [2.05, 4.69) is 10.6 Å². The highest BCUT2D eigenvalue weighted by Crippen LogP contribution is 2.13. The van der Waals surface area contributed by atoms with E-state index in [1.807, 2.05) is 0 Å². The third kappa shape index (κ3) is 2.75.